The summed E-state index contributed by atoms with van der Waals surface area (Å²) >= 11 is 0. The van der Waals surface area contributed by atoms with Crippen molar-refractivity contribution < 1.29 is 44.3 Å². The Morgan fingerprint density at radius 2 is 1.57 bits per heavy atom. The number of carbonyl (C=O) groups is 1. The van der Waals surface area contributed by atoms with E-state index in [0.717, 1.165) is 35.2 Å². The Labute approximate surface area is 225 Å². The molecule has 0 bridgehead atoms. The minimum atomic E-state index is -4.76. The summed E-state index contributed by atoms with van der Waals surface area (Å²) in [6, 6.07) is 11.1. The van der Waals surface area contributed by atoms with Crippen molar-refractivity contribution in [2.45, 2.75) is 49.8 Å². The molecule has 2 atom stereocenters. The van der Waals surface area contributed by atoms with Crippen molar-refractivity contribution in [3.05, 3.63) is 99.6 Å². The Hall–Kier alpha value is -3.80. The Morgan fingerprint density at radius 3 is 2.23 bits per heavy atom. The Morgan fingerprint density at radius 1 is 0.900 bits per heavy atom. The van der Waals surface area contributed by atoms with Gasteiger partial charge in [0.1, 0.15) is 6.10 Å². The first kappa shape index (κ1) is 27.8. The van der Waals surface area contributed by atoms with E-state index in [1.54, 1.807) is 12.1 Å². The molecular weight excluding hydrogens is 560 g/mol. The number of halogens is 6. The summed E-state index contributed by atoms with van der Waals surface area (Å²) in [7, 11) is -4.07. The minimum Gasteiger partial charge on any atom is -0.439 e. The second-order valence-electron chi connectivity index (χ2n) is 9.72. The van der Waals surface area contributed by atoms with E-state index in [1.165, 1.54) is 38.1 Å². The fourth-order valence-electron chi connectivity index (χ4n) is 5.03. The second kappa shape index (κ2) is 9.39. The molecule has 1 amide bonds. The first-order valence-electron chi connectivity index (χ1n) is 12.0. The number of hydrogen-bond acceptors (Lipinski definition) is 4. The van der Waals surface area contributed by atoms with Gasteiger partial charge in [0.15, 0.2) is 0 Å². The fraction of sp³-hybridized carbons (Fsp3) is 0.250. The molecule has 0 aromatic heterocycles. The van der Waals surface area contributed by atoms with Crippen molar-refractivity contribution in [2.24, 2.45) is 0 Å². The van der Waals surface area contributed by atoms with Gasteiger partial charge in [0.2, 0.25) is 9.84 Å². The molecule has 5 nitrogen and oxygen atoms in total. The quantitative estimate of drug-likeness (QED) is 0.301. The molecule has 0 radical (unpaired) electrons. The van der Waals surface area contributed by atoms with Crippen molar-refractivity contribution in [1.82, 2.24) is 4.90 Å². The number of hydrogen-bond donors (Lipinski definition) is 0. The highest BCUT2D eigenvalue weighted by Crippen LogP contribution is 2.43. The second-order valence-corrected chi connectivity index (χ2v) is 11.6. The van der Waals surface area contributed by atoms with Crippen molar-refractivity contribution in [3.63, 3.8) is 0 Å². The number of sulfone groups is 1. The third-order valence-corrected chi connectivity index (χ3v) is 8.84. The van der Waals surface area contributed by atoms with E-state index in [4.69, 9.17) is 4.74 Å². The van der Waals surface area contributed by atoms with Crippen LogP contribution in [0.15, 0.2) is 65.6 Å². The third kappa shape index (κ3) is 4.85. The van der Waals surface area contributed by atoms with Crippen molar-refractivity contribution in [2.75, 3.05) is 0 Å². The van der Waals surface area contributed by atoms with Crippen LogP contribution in [0.1, 0.15) is 52.0 Å². The van der Waals surface area contributed by atoms with Gasteiger partial charge in [-0.1, -0.05) is 35.9 Å². The zero-order chi connectivity index (χ0) is 29.2. The van der Waals surface area contributed by atoms with Crippen LogP contribution in [0.5, 0.6) is 0 Å². The number of cyclic esters (lactones) is 1. The largest absolute Gasteiger partial charge is 0.439 e. The third-order valence-electron chi connectivity index (χ3n) is 6.97. The van der Waals surface area contributed by atoms with Gasteiger partial charge in [0, 0.05) is 0 Å². The monoisotopic (exact) mass is 581 g/mol. The van der Waals surface area contributed by atoms with Gasteiger partial charge in [-0.15, -0.1) is 0 Å². The summed E-state index contributed by atoms with van der Waals surface area (Å²) in [6.07, 6.45) is -10.1. The number of ether oxygens (including phenoxy) is 1. The van der Waals surface area contributed by atoms with E-state index in [9.17, 15) is 39.6 Å². The van der Waals surface area contributed by atoms with E-state index in [0.29, 0.717) is 5.56 Å². The highest BCUT2D eigenvalue weighted by Gasteiger charge is 2.42. The summed E-state index contributed by atoms with van der Waals surface area (Å²) in [5.74, 6) is 0. The van der Waals surface area contributed by atoms with Crippen molar-refractivity contribution in [1.29, 1.82) is 0 Å². The number of carbonyl (C=O) groups excluding carboxylic acids is 1. The topological polar surface area (TPSA) is 63.7 Å². The lowest BCUT2D eigenvalue weighted by molar-refractivity contribution is -0.138. The molecule has 1 saturated heterocycles. The molecule has 210 valence electrons. The van der Waals surface area contributed by atoms with Crippen LogP contribution in [0.4, 0.5) is 31.1 Å². The highest BCUT2D eigenvalue weighted by atomic mass is 32.2. The van der Waals surface area contributed by atoms with E-state index in [2.05, 4.69) is 0 Å². The maximum atomic E-state index is 13.6. The molecule has 0 aliphatic carbocycles. The molecule has 0 unspecified atom stereocenters. The number of fused-ring (bicyclic) bond motifs is 1. The van der Waals surface area contributed by atoms with E-state index >= 15 is 0 Å². The molecule has 12 heteroatoms. The molecule has 0 N–H and O–H groups in total. The summed E-state index contributed by atoms with van der Waals surface area (Å²) in [4.78, 5) is 13.7. The zero-order valence-electron chi connectivity index (χ0n) is 21.0. The van der Waals surface area contributed by atoms with Gasteiger partial charge in [-0.2, -0.15) is 26.3 Å². The lowest BCUT2D eigenvalue weighted by Gasteiger charge is -2.24. The van der Waals surface area contributed by atoms with Gasteiger partial charge in [-0.05, 0) is 72.5 Å². The number of rotatable bonds is 4. The number of benzene rings is 3. The molecule has 1 fully saturated rings. The molecule has 2 heterocycles. The smallest absolute Gasteiger partial charge is 0.416 e. The summed E-state index contributed by atoms with van der Waals surface area (Å²) in [5.41, 5.74) is -1.38. The van der Waals surface area contributed by atoms with Crippen LogP contribution in [0.2, 0.25) is 0 Å². The van der Waals surface area contributed by atoms with Gasteiger partial charge < -0.3 is 4.74 Å². The number of nitrogens with zero attached hydrogens (tertiary/aromatic N) is 1. The molecular formula is C28H21F6NO4S. The van der Waals surface area contributed by atoms with Gasteiger partial charge in [0.05, 0.1) is 33.5 Å². The number of alkyl halides is 6. The Kier molecular flexibility index (Phi) is 6.52. The average Bonchev–Trinajstić information content (AvgIpc) is 3.30. The minimum absolute atomic E-state index is 0.00442. The van der Waals surface area contributed by atoms with Crippen LogP contribution in [0.25, 0.3) is 11.0 Å². The highest BCUT2D eigenvalue weighted by molar-refractivity contribution is 8.01. The first-order chi connectivity index (χ1) is 18.6. The molecule has 2 aliphatic heterocycles. The SMILES string of the molecule is Cc1cc([C@H]2OC(=O)N(Cc3cc(C(F)(F)F)ccc3C3=Cc4ccccc4S3(=O)=O)[C@H]2C)cc(C(F)(F)F)c1. The average molecular weight is 582 g/mol. The molecule has 5 rings (SSSR count). The van der Waals surface area contributed by atoms with E-state index in [-0.39, 0.29) is 32.1 Å². The summed E-state index contributed by atoms with van der Waals surface area (Å²) in [6.45, 7) is 2.48. The molecule has 3 aromatic rings. The van der Waals surface area contributed by atoms with Crippen LogP contribution < -0.4 is 0 Å². The lowest BCUT2D eigenvalue weighted by Crippen LogP contribution is -2.32. The predicted molar refractivity (Wildman–Crippen MR) is 133 cm³/mol. The Balaban J connectivity index is 1.55. The fourth-order valence-corrected chi connectivity index (χ4v) is 6.73. The maximum absolute atomic E-state index is 13.6. The van der Waals surface area contributed by atoms with E-state index < -0.39 is 58.1 Å². The van der Waals surface area contributed by atoms with Gasteiger partial charge in [-0.25, -0.2) is 13.2 Å². The molecule has 0 spiro atoms. The predicted octanol–water partition coefficient (Wildman–Crippen LogP) is 7.40. The molecule has 2 aliphatic rings. The summed E-state index contributed by atoms with van der Waals surface area (Å²) < 4.78 is 113. The molecule has 40 heavy (non-hydrogen) atoms. The van der Waals surface area contributed by atoms with Crippen LogP contribution in [0.3, 0.4) is 0 Å². The van der Waals surface area contributed by atoms with Crippen LogP contribution in [-0.2, 0) is 33.5 Å². The summed E-state index contributed by atoms with van der Waals surface area (Å²) in [5, 5.41) is 0. The maximum Gasteiger partial charge on any atom is 0.416 e. The Bertz CT molecular complexity index is 1660. The van der Waals surface area contributed by atoms with Crippen LogP contribution >= 0.6 is 0 Å². The molecule has 3 aromatic carbocycles. The number of amides is 1. The van der Waals surface area contributed by atoms with Crippen molar-refractivity contribution in [3.8, 4) is 0 Å². The standard InChI is InChI=1S/C28H21F6NO4S/c1-15-9-18(11-21(10-15)28(32,33)34)25-16(2)35(26(36)39-25)14-19-12-20(27(29,30)31)7-8-22(19)24-13-17-5-3-4-6-23(17)40(24,37)38/h3-13,16,25H,14H2,1-2H3/t16-,25-/m0/s1. The first-order valence-corrected chi connectivity index (χ1v) is 13.5. The zero-order valence-corrected chi connectivity index (χ0v) is 21.8. The number of aryl methyl sites for hydroxylation is 1. The molecule has 0 saturated carbocycles. The lowest BCUT2D eigenvalue weighted by atomic mass is 9.97. The van der Waals surface area contributed by atoms with Gasteiger partial charge >= 0.3 is 18.4 Å². The van der Waals surface area contributed by atoms with Gasteiger partial charge in [-0.3, -0.25) is 4.90 Å². The van der Waals surface area contributed by atoms with E-state index in [1.807, 2.05) is 0 Å². The van der Waals surface area contributed by atoms with Gasteiger partial charge in [0.25, 0.3) is 0 Å². The van der Waals surface area contributed by atoms with Crippen molar-refractivity contribution >= 4 is 26.9 Å². The normalized spacial score (nSPS) is 20.4. The van der Waals surface area contributed by atoms with Crippen LogP contribution in [0, 0.1) is 6.92 Å². The van der Waals surface area contributed by atoms with Crippen LogP contribution in [-0.4, -0.2) is 25.5 Å².